The summed E-state index contributed by atoms with van der Waals surface area (Å²) in [7, 11) is 0. The average molecular weight is 301 g/mol. The third-order valence-corrected chi connectivity index (χ3v) is 3.81. The molecule has 2 aromatic carbocycles. The van der Waals surface area contributed by atoms with Crippen LogP contribution in [0.25, 0.3) is 22.2 Å². The fraction of sp³-hybridized carbons (Fsp3) is 0.0667. The van der Waals surface area contributed by atoms with Gasteiger partial charge in [0, 0.05) is 32.3 Å². The Hall–Kier alpha value is -1.74. The Morgan fingerprint density at radius 3 is 2.67 bits per heavy atom. The van der Waals surface area contributed by atoms with Gasteiger partial charge in [-0.3, -0.25) is 0 Å². The number of aryl methyl sites for hydroxylation is 1. The largest absolute Gasteiger partial charge is 0.398 e. The molecule has 0 amide bonds. The third-order valence-electron chi connectivity index (χ3n) is 3.08. The van der Waals surface area contributed by atoms with Gasteiger partial charge in [-0.15, -0.1) is 0 Å². The molecule has 90 valence electrons. The molecule has 0 unspecified atom stereocenters. The number of nitrogens with one attached hydrogen (secondary N) is 1. The van der Waals surface area contributed by atoms with Gasteiger partial charge in [0.2, 0.25) is 0 Å². The highest BCUT2D eigenvalue weighted by Crippen LogP contribution is 2.29. The number of nitrogen functional groups attached to an aromatic ring is 1. The molecule has 0 aliphatic carbocycles. The topological polar surface area (TPSA) is 41.8 Å². The minimum Gasteiger partial charge on any atom is -0.398 e. The van der Waals surface area contributed by atoms with Crippen molar-refractivity contribution in [3.63, 3.8) is 0 Å². The van der Waals surface area contributed by atoms with Crippen LogP contribution < -0.4 is 5.73 Å². The van der Waals surface area contributed by atoms with E-state index in [-0.39, 0.29) is 0 Å². The second-order valence-electron chi connectivity index (χ2n) is 4.51. The highest BCUT2D eigenvalue weighted by atomic mass is 79.9. The number of aromatic nitrogens is 1. The molecule has 0 aliphatic rings. The molecule has 0 aliphatic heterocycles. The number of H-pyrrole nitrogens is 1. The fourth-order valence-electron chi connectivity index (χ4n) is 2.12. The summed E-state index contributed by atoms with van der Waals surface area (Å²) in [6.45, 7) is 2.10. The van der Waals surface area contributed by atoms with Gasteiger partial charge in [0.25, 0.3) is 0 Å². The van der Waals surface area contributed by atoms with Gasteiger partial charge < -0.3 is 10.7 Å². The SMILES string of the molecule is Cc1ccc2[nH]c(-c3ccc(Br)c(N)c3)cc2c1. The van der Waals surface area contributed by atoms with Gasteiger partial charge in [-0.2, -0.15) is 0 Å². The summed E-state index contributed by atoms with van der Waals surface area (Å²) in [5.41, 5.74) is 11.3. The zero-order valence-corrected chi connectivity index (χ0v) is 11.6. The first-order valence-corrected chi connectivity index (χ1v) is 6.57. The lowest BCUT2D eigenvalue weighted by Crippen LogP contribution is -1.87. The summed E-state index contributed by atoms with van der Waals surface area (Å²) >= 11 is 3.41. The Bertz CT molecular complexity index is 728. The molecule has 0 saturated heterocycles. The molecule has 3 N–H and O–H groups in total. The standard InChI is InChI=1S/C15H13BrN2/c1-9-2-5-14-11(6-9)8-15(18-14)10-3-4-12(16)13(17)7-10/h2-8,18H,17H2,1H3. The summed E-state index contributed by atoms with van der Waals surface area (Å²) in [6.07, 6.45) is 0. The minimum atomic E-state index is 0.752. The van der Waals surface area contributed by atoms with E-state index >= 15 is 0 Å². The molecule has 0 fully saturated rings. The van der Waals surface area contributed by atoms with E-state index in [0.717, 1.165) is 26.9 Å². The molecule has 0 radical (unpaired) electrons. The molecule has 0 atom stereocenters. The number of hydrogen-bond donors (Lipinski definition) is 2. The zero-order valence-electron chi connectivity index (χ0n) is 10.00. The number of hydrogen-bond acceptors (Lipinski definition) is 1. The molecule has 0 bridgehead atoms. The van der Waals surface area contributed by atoms with Crippen molar-refractivity contribution in [3.8, 4) is 11.3 Å². The van der Waals surface area contributed by atoms with E-state index in [0.29, 0.717) is 0 Å². The van der Waals surface area contributed by atoms with Crippen molar-refractivity contribution in [2.75, 3.05) is 5.73 Å². The first-order chi connectivity index (χ1) is 8.63. The van der Waals surface area contributed by atoms with Crippen LogP contribution in [0, 0.1) is 6.92 Å². The summed E-state index contributed by atoms with van der Waals surface area (Å²) in [4.78, 5) is 3.41. The molecule has 3 rings (SSSR count). The maximum Gasteiger partial charge on any atom is 0.0465 e. The number of nitrogens with two attached hydrogens (primary N) is 1. The van der Waals surface area contributed by atoms with E-state index in [2.05, 4.69) is 58.2 Å². The van der Waals surface area contributed by atoms with Crippen molar-refractivity contribution in [1.82, 2.24) is 4.98 Å². The van der Waals surface area contributed by atoms with Crippen molar-refractivity contribution in [2.24, 2.45) is 0 Å². The van der Waals surface area contributed by atoms with Crippen molar-refractivity contribution < 1.29 is 0 Å². The Balaban J connectivity index is 2.16. The summed E-state index contributed by atoms with van der Waals surface area (Å²) in [5.74, 6) is 0. The van der Waals surface area contributed by atoms with Gasteiger partial charge in [0.05, 0.1) is 0 Å². The smallest absolute Gasteiger partial charge is 0.0465 e. The van der Waals surface area contributed by atoms with Gasteiger partial charge >= 0.3 is 0 Å². The number of anilines is 1. The van der Waals surface area contributed by atoms with Crippen molar-refractivity contribution in [2.45, 2.75) is 6.92 Å². The zero-order chi connectivity index (χ0) is 12.7. The summed E-state index contributed by atoms with van der Waals surface area (Å²) < 4.78 is 0.929. The van der Waals surface area contributed by atoms with Crippen molar-refractivity contribution in [1.29, 1.82) is 0 Å². The normalized spacial score (nSPS) is 11.0. The van der Waals surface area contributed by atoms with Crippen LogP contribution >= 0.6 is 15.9 Å². The number of benzene rings is 2. The molecule has 0 saturated carbocycles. The number of rotatable bonds is 1. The van der Waals surface area contributed by atoms with Crippen LogP contribution in [0.5, 0.6) is 0 Å². The number of aromatic amines is 1. The van der Waals surface area contributed by atoms with Crippen LogP contribution in [-0.4, -0.2) is 4.98 Å². The Kier molecular flexibility index (Phi) is 2.63. The van der Waals surface area contributed by atoms with Crippen LogP contribution in [0.1, 0.15) is 5.56 Å². The van der Waals surface area contributed by atoms with E-state index < -0.39 is 0 Å². The van der Waals surface area contributed by atoms with Crippen molar-refractivity contribution in [3.05, 3.63) is 52.5 Å². The third kappa shape index (κ3) is 1.91. The maximum absolute atomic E-state index is 5.92. The lowest BCUT2D eigenvalue weighted by Gasteiger charge is -2.01. The average Bonchev–Trinajstić information content (AvgIpc) is 2.75. The van der Waals surface area contributed by atoms with Gasteiger partial charge in [-0.25, -0.2) is 0 Å². The molecule has 1 heterocycles. The Labute approximate surface area is 114 Å². The number of fused-ring (bicyclic) bond motifs is 1. The molecular formula is C15H13BrN2. The van der Waals surface area contributed by atoms with Crippen LogP contribution in [-0.2, 0) is 0 Å². The molecular weight excluding hydrogens is 288 g/mol. The molecule has 2 nitrogen and oxygen atoms in total. The minimum absolute atomic E-state index is 0.752. The summed E-state index contributed by atoms with van der Waals surface area (Å²) in [6, 6.07) is 14.6. The predicted molar refractivity (Wildman–Crippen MR) is 80.6 cm³/mol. The quantitative estimate of drug-likeness (QED) is 0.639. The van der Waals surface area contributed by atoms with Crippen LogP contribution in [0.4, 0.5) is 5.69 Å². The molecule has 3 aromatic rings. The van der Waals surface area contributed by atoms with Gasteiger partial charge in [-0.05, 0) is 53.2 Å². The second kappa shape index (κ2) is 4.18. The molecule has 0 spiro atoms. The molecule has 18 heavy (non-hydrogen) atoms. The van der Waals surface area contributed by atoms with E-state index in [1.165, 1.54) is 10.9 Å². The second-order valence-corrected chi connectivity index (χ2v) is 5.36. The van der Waals surface area contributed by atoms with E-state index in [9.17, 15) is 0 Å². The van der Waals surface area contributed by atoms with E-state index in [1.54, 1.807) is 0 Å². The van der Waals surface area contributed by atoms with E-state index in [4.69, 9.17) is 5.73 Å². The highest BCUT2D eigenvalue weighted by Gasteiger charge is 2.05. The molecule has 3 heteroatoms. The Morgan fingerprint density at radius 2 is 1.89 bits per heavy atom. The van der Waals surface area contributed by atoms with Gasteiger partial charge in [0.1, 0.15) is 0 Å². The van der Waals surface area contributed by atoms with Crippen LogP contribution in [0.3, 0.4) is 0 Å². The number of halogens is 1. The van der Waals surface area contributed by atoms with Gasteiger partial charge in [0.15, 0.2) is 0 Å². The first kappa shape index (κ1) is 11.4. The predicted octanol–water partition coefficient (Wildman–Crippen LogP) is 4.49. The monoisotopic (exact) mass is 300 g/mol. The summed E-state index contributed by atoms with van der Waals surface area (Å²) in [5, 5.41) is 1.23. The lowest BCUT2D eigenvalue weighted by atomic mass is 10.1. The molecule has 1 aromatic heterocycles. The van der Waals surface area contributed by atoms with Gasteiger partial charge in [-0.1, -0.05) is 17.7 Å². The van der Waals surface area contributed by atoms with Crippen LogP contribution in [0.2, 0.25) is 0 Å². The van der Waals surface area contributed by atoms with E-state index in [1.807, 2.05) is 12.1 Å². The highest BCUT2D eigenvalue weighted by molar-refractivity contribution is 9.10. The van der Waals surface area contributed by atoms with Crippen LogP contribution in [0.15, 0.2) is 46.9 Å². The van der Waals surface area contributed by atoms with Crippen molar-refractivity contribution >= 4 is 32.5 Å². The fourth-order valence-corrected chi connectivity index (χ4v) is 2.37. The lowest BCUT2D eigenvalue weighted by molar-refractivity contribution is 1.44. The Morgan fingerprint density at radius 1 is 1.06 bits per heavy atom. The first-order valence-electron chi connectivity index (χ1n) is 5.78. The maximum atomic E-state index is 5.92.